The Morgan fingerprint density at radius 1 is 1.06 bits per heavy atom. The molecule has 0 aliphatic carbocycles. The number of methoxy groups -OCH3 is 1. The van der Waals surface area contributed by atoms with Crippen molar-refractivity contribution in [2.24, 2.45) is 0 Å². The SMILES string of the molecule is COc1ccc(-c2ccc(F)cc2F)nn1. The topological polar surface area (TPSA) is 35.0 Å². The highest BCUT2D eigenvalue weighted by atomic mass is 19.1. The monoisotopic (exact) mass is 222 g/mol. The normalized spacial score (nSPS) is 10.2. The molecule has 1 aromatic carbocycles. The summed E-state index contributed by atoms with van der Waals surface area (Å²) in [5.74, 6) is -0.951. The van der Waals surface area contributed by atoms with E-state index in [0.717, 1.165) is 6.07 Å². The maximum atomic E-state index is 13.4. The van der Waals surface area contributed by atoms with Crippen molar-refractivity contribution >= 4 is 0 Å². The molecule has 2 rings (SSSR count). The molecule has 0 amide bonds. The van der Waals surface area contributed by atoms with Crippen LogP contribution in [0.5, 0.6) is 5.88 Å². The molecule has 1 heterocycles. The van der Waals surface area contributed by atoms with Crippen LogP contribution in [0.2, 0.25) is 0 Å². The predicted octanol–water partition coefficient (Wildman–Crippen LogP) is 2.43. The van der Waals surface area contributed by atoms with Gasteiger partial charge in [0.1, 0.15) is 11.6 Å². The molecular formula is C11H8F2N2O. The zero-order chi connectivity index (χ0) is 11.5. The van der Waals surface area contributed by atoms with Crippen molar-refractivity contribution in [3.63, 3.8) is 0 Å². The molecule has 82 valence electrons. The molecule has 0 saturated heterocycles. The largest absolute Gasteiger partial charge is 0.480 e. The Kier molecular flexibility index (Phi) is 2.76. The number of aromatic nitrogens is 2. The summed E-state index contributed by atoms with van der Waals surface area (Å²) in [6.45, 7) is 0. The first-order valence-corrected chi connectivity index (χ1v) is 4.54. The van der Waals surface area contributed by atoms with Gasteiger partial charge in [0.15, 0.2) is 0 Å². The van der Waals surface area contributed by atoms with Gasteiger partial charge in [0.2, 0.25) is 5.88 Å². The van der Waals surface area contributed by atoms with Crippen LogP contribution in [0.25, 0.3) is 11.3 Å². The van der Waals surface area contributed by atoms with Crippen molar-refractivity contribution in [1.82, 2.24) is 10.2 Å². The molecule has 0 N–H and O–H groups in total. The molecule has 0 unspecified atom stereocenters. The highest BCUT2D eigenvalue weighted by Crippen LogP contribution is 2.21. The molecule has 0 saturated carbocycles. The fourth-order valence-corrected chi connectivity index (χ4v) is 1.27. The highest BCUT2D eigenvalue weighted by Gasteiger charge is 2.08. The lowest BCUT2D eigenvalue weighted by molar-refractivity contribution is 0.392. The van der Waals surface area contributed by atoms with E-state index in [-0.39, 0.29) is 5.56 Å². The zero-order valence-electron chi connectivity index (χ0n) is 8.45. The van der Waals surface area contributed by atoms with Crippen molar-refractivity contribution < 1.29 is 13.5 Å². The zero-order valence-corrected chi connectivity index (χ0v) is 8.45. The Morgan fingerprint density at radius 3 is 2.44 bits per heavy atom. The van der Waals surface area contributed by atoms with Gasteiger partial charge in [0, 0.05) is 17.7 Å². The van der Waals surface area contributed by atoms with Crippen molar-refractivity contribution in [2.45, 2.75) is 0 Å². The van der Waals surface area contributed by atoms with Gasteiger partial charge in [-0.1, -0.05) is 0 Å². The maximum Gasteiger partial charge on any atom is 0.233 e. The van der Waals surface area contributed by atoms with Gasteiger partial charge < -0.3 is 4.74 Å². The van der Waals surface area contributed by atoms with E-state index in [4.69, 9.17) is 4.74 Å². The van der Waals surface area contributed by atoms with E-state index in [1.165, 1.54) is 19.2 Å². The third-order valence-electron chi connectivity index (χ3n) is 2.06. The number of nitrogens with zero attached hydrogens (tertiary/aromatic N) is 2. The third-order valence-corrected chi connectivity index (χ3v) is 2.06. The van der Waals surface area contributed by atoms with Crippen LogP contribution in [0.15, 0.2) is 30.3 Å². The van der Waals surface area contributed by atoms with E-state index < -0.39 is 11.6 Å². The highest BCUT2D eigenvalue weighted by molar-refractivity contribution is 5.59. The van der Waals surface area contributed by atoms with E-state index in [9.17, 15) is 8.78 Å². The average molecular weight is 222 g/mol. The minimum absolute atomic E-state index is 0.205. The predicted molar refractivity (Wildman–Crippen MR) is 53.9 cm³/mol. The van der Waals surface area contributed by atoms with Crippen molar-refractivity contribution in [1.29, 1.82) is 0 Å². The first-order chi connectivity index (χ1) is 7.70. The van der Waals surface area contributed by atoms with Crippen LogP contribution in [-0.2, 0) is 0 Å². The molecule has 16 heavy (non-hydrogen) atoms. The average Bonchev–Trinajstić information content (AvgIpc) is 2.29. The molecule has 0 bridgehead atoms. The number of rotatable bonds is 2. The molecule has 0 atom stereocenters. The van der Waals surface area contributed by atoms with Crippen molar-refractivity contribution in [3.05, 3.63) is 42.0 Å². The second-order valence-corrected chi connectivity index (χ2v) is 3.09. The lowest BCUT2D eigenvalue weighted by atomic mass is 10.1. The van der Waals surface area contributed by atoms with E-state index in [1.807, 2.05) is 0 Å². The molecule has 5 heteroatoms. The first-order valence-electron chi connectivity index (χ1n) is 4.54. The van der Waals surface area contributed by atoms with Crippen LogP contribution in [0.3, 0.4) is 0 Å². The lowest BCUT2D eigenvalue weighted by Crippen LogP contribution is -1.94. The summed E-state index contributed by atoms with van der Waals surface area (Å²) < 4.78 is 30.9. The Balaban J connectivity index is 2.42. The molecule has 0 aliphatic heterocycles. The van der Waals surface area contributed by atoms with Gasteiger partial charge >= 0.3 is 0 Å². The Morgan fingerprint density at radius 2 is 1.88 bits per heavy atom. The fraction of sp³-hybridized carbons (Fsp3) is 0.0909. The summed E-state index contributed by atoms with van der Waals surface area (Å²) >= 11 is 0. The molecule has 2 aromatic rings. The number of benzene rings is 1. The molecule has 0 fully saturated rings. The lowest BCUT2D eigenvalue weighted by Gasteiger charge is -2.02. The Bertz CT molecular complexity index is 500. The molecule has 0 radical (unpaired) electrons. The quantitative estimate of drug-likeness (QED) is 0.782. The summed E-state index contributed by atoms with van der Waals surface area (Å²) in [5, 5.41) is 7.48. The van der Waals surface area contributed by atoms with Gasteiger partial charge in [-0.3, -0.25) is 0 Å². The summed E-state index contributed by atoms with van der Waals surface area (Å²) in [6.07, 6.45) is 0. The van der Waals surface area contributed by atoms with Gasteiger partial charge in [0.25, 0.3) is 0 Å². The van der Waals surface area contributed by atoms with Crippen LogP contribution in [0, 0.1) is 11.6 Å². The van der Waals surface area contributed by atoms with Gasteiger partial charge in [-0.2, -0.15) is 0 Å². The van der Waals surface area contributed by atoms with Gasteiger partial charge in [-0.05, 0) is 18.2 Å². The van der Waals surface area contributed by atoms with Gasteiger partial charge in [0.05, 0.1) is 12.8 Å². The standard InChI is InChI=1S/C11H8F2N2O/c1-16-11-5-4-10(14-15-11)8-3-2-7(12)6-9(8)13/h2-6H,1H3. The van der Waals surface area contributed by atoms with Gasteiger partial charge in [-0.15, -0.1) is 10.2 Å². The maximum absolute atomic E-state index is 13.4. The van der Waals surface area contributed by atoms with E-state index >= 15 is 0 Å². The molecule has 0 aliphatic rings. The Hall–Kier alpha value is -2.04. The second kappa shape index (κ2) is 4.22. The second-order valence-electron chi connectivity index (χ2n) is 3.09. The smallest absolute Gasteiger partial charge is 0.233 e. The number of halogens is 2. The van der Waals surface area contributed by atoms with Crippen molar-refractivity contribution in [3.8, 4) is 17.1 Å². The Labute approximate surface area is 90.7 Å². The molecule has 1 aromatic heterocycles. The molecule has 3 nitrogen and oxygen atoms in total. The van der Waals surface area contributed by atoms with Crippen LogP contribution in [0.1, 0.15) is 0 Å². The number of ether oxygens (including phenoxy) is 1. The van der Waals surface area contributed by atoms with Crippen LogP contribution in [-0.4, -0.2) is 17.3 Å². The van der Waals surface area contributed by atoms with Gasteiger partial charge in [-0.25, -0.2) is 8.78 Å². The van der Waals surface area contributed by atoms with Crippen LogP contribution < -0.4 is 4.74 Å². The third kappa shape index (κ3) is 1.98. The fourth-order valence-electron chi connectivity index (χ4n) is 1.27. The molecular weight excluding hydrogens is 214 g/mol. The van der Waals surface area contributed by atoms with E-state index in [1.54, 1.807) is 12.1 Å². The van der Waals surface area contributed by atoms with E-state index in [0.29, 0.717) is 11.6 Å². The number of hydrogen-bond acceptors (Lipinski definition) is 3. The number of hydrogen-bond donors (Lipinski definition) is 0. The minimum Gasteiger partial charge on any atom is -0.480 e. The summed E-state index contributed by atoms with van der Waals surface area (Å²) in [4.78, 5) is 0. The summed E-state index contributed by atoms with van der Waals surface area (Å²) in [5.41, 5.74) is 0.537. The summed E-state index contributed by atoms with van der Waals surface area (Å²) in [7, 11) is 1.46. The van der Waals surface area contributed by atoms with Crippen molar-refractivity contribution in [2.75, 3.05) is 7.11 Å². The first kappa shape index (κ1) is 10.5. The summed E-state index contributed by atoms with van der Waals surface area (Å²) in [6, 6.07) is 6.42. The van der Waals surface area contributed by atoms with Crippen LogP contribution >= 0.6 is 0 Å². The molecule has 0 spiro atoms. The minimum atomic E-state index is -0.667. The van der Waals surface area contributed by atoms with E-state index in [2.05, 4.69) is 10.2 Å². The van der Waals surface area contributed by atoms with Crippen LogP contribution in [0.4, 0.5) is 8.78 Å².